The summed E-state index contributed by atoms with van der Waals surface area (Å²) in [6.45, 7) is 5.10. The SMILES string of the molecule is CC1(C(=O)NCC(=O)O)CCCN(C2COC2)CC1. The molecule has 0 saturated carbocycles. The topological polar surface area (TPSA) is 78.9 Å². The highest BCUT2D eigenvalue weighted by Gasteiger charge is 2.37. The lowest BCUT2D eigenvalue weighted by Gasteiger charge is -2.37. The van der Waals surface area contributed by atoms with Crippen molar-refractivity contribution in [3.8, 4) is 0 Å². The van der Waals surface area contributed by atoms with Gasteiger partial charge in [0.15, 0.2) is 0 Å². The van der Waals surface area contributed by atoms with Crippen molar-refractivity contribution in [2.75, 3.05) is 32.8 Å². The van der Waals surface area contributed by atoms with Crippen molar-refractivity contribution < 1.29 is 19.4 Å². The third-order valence-corrected chi connectivity index (χ3v) is 4.21. The highest BCUT2D eigenvalue weighted by atomic mass is 16.5. The molecule has 0 radical (unpaired) electrons. The average molecular weight is 270 g/mol. The number of likely N-dealkylation sites (tertiary alicyclic amines) is 1. The van der Waals surface area contributed by atoms with E-state index in [1.54, 1.807) is 0 Å². The van der Waals surface area contributed by atoms with Crippen molar-refractivity contribution in [1.29, 1.82) is 0 Å². The molecule has 19 heavy (non-hydrogen) atoms. The van der Waals surface area contributed by atoms with Crippen LogP contribution in [0.25, 0.3) is 0 Å². The Labute approximate surface area is 113 Å². The zero-order chi connectivity index (χ0) is 13.9. The van der Waals surface area contributed by atoms with Crippen LogP contribution in [-0.4, -0.2) is 60.8 Å². The van der Waals surface area contributed by atoms with E-state index in [9.17, 15) is 9.59 Å². The van der Waals surface area contributed by atoms with Crippen LogP contribution in [-0.2, 0) is 14.3 Å². The molecule has 0 aliphatic carbocycles. The highest BCUT2D eigenvalue weighted by Crippen LogP contribution is 2.32. The summed E-state index contributed by atoms with van der Waals surface area (Å²) in [5.74, 6) is -1.14. The van der Waals surface area contributed by atoms with E-state index in [4.69, 9.17) is 9.84 Å². The summed E-state index contributed by atoms with van der Waals surface area (Å²) in [6, 6.07) is 0.504. The van der Waals surface area contributed by atoms with Gasteiger partial charge < -0.3 is 15.2 Å². The molecule has 0 spiro atoms. The van der Waals surface area contributed by atoms with Crippen molar-refractivity contribution in [1.82, 2.24) is 10.2 Å². The predicted octanol–water partition coefficient (Wildman–Crippen LogP) is 0.0782. The molecule has 2 aliphatic heterocycles. The number of hydrogen-bond acceptors (Lipinski definition) is 4. The van der Waals surface area contributed by atoms with E-state index in [0.29, 0.717) is 6.04 Å². The maximum absolute atomic E-state index is 12.1. The molecule has 6 nitrogen and oxygen atoms in total. The Bertz CT molecular complexity index is 357. The normalized spacial score (nSPS) is 29.3. The van der Waals surface area contributed by atoms with E-state index in [-0.39, 0.29) is 12.5 Å². The molecule has 2 saturated heterocycles. The Hall–Kier alpha value is -1.14. The Morgan fingerprint density at radius 3 is 2.68 bits per heavy atom. The summed E-state index contributed by atoms with van der Waals surface area (Å²) in [4.78, 5) is 25.0. The molecule has 2 heterocycles. The van der Waals surface area contributed by atoms with E-state index in [1.807, 2.05) is 6.92 Å². The van der Waals surface area contributed by atoms with Crippen molar-refractivity contribution in [3.63, 3.8) is 0 Å². The second-order valence-electron chi connectivity index (χ2n) is 5.72. The molecule has 2 N–H and O–H groups in total. The minimum absolute atomic E-state index is 0.137. The number of carbonyl (C=O) groups excluding carboxylic acids is 1. The molecule has 1 amide bonds. The van der Waals surface area contributed by atoms with Gasteiger partial charge in [0.1, 0.15) is 6.54 Å². The van der Waals surface area contributed by atoms with Gasteiger partial charge in [-0.1, -0.05) is 6.92 Å². The highest BCUT2D eigenvalue weighted by molar-refractivity contribution is 5.85. The lowest BCUT2D eigenvalue weighted by molar-refractivity contribution is -0.140. The van der Waals surface area contributed by atoms with Crippen LogP contribution < -0.4 is 5.32 Å². The zero-order valence-electron chi connectivity index (χ0n) is 11.4. The minimum Gasteiger partial charge on any atom is -0.480 e. The monoisotopic (exact) mass is 270 g/mol. The second-order valence-corrected chi connectivity index (χ2v) is 5.72. The first kappa shape index (κ1) is 14.3. The lowest BCUT2D eigenvalue weighted by atomic mass is 9.82. The molecule has 0 aromatic heterocycles. The molecule has 1 atom stereocenters. The summed E-state index contributed by atoms with van der Waals surface area (Å²) in [5, 5.41) is 11.1. The van der Waals surface area contributed by atoms with Crippen LogP contribution in [0.4, 0.5) is 0 Å². The molecule has 6 heteroatoms. The van der Waals surface area contributed by atoms with Crippen LogP contribution in [0.15, 0.2) is 0 Å². The number of amides is 1. The number of carbonyl (C=O) groups is 2. The molecular weight excluding hydrogens is 248 g/mol. The minimum atomic E-state index is -1.00. The molecule has 0 aromatic rings. The quantitative estimate of drug-likeness (QED) is 0.756. The Balaban J connectivity index is 1.88. The summed E-state index contributed by atoms with van der Waals surface area (Å²) in [6.07, 6.45) is 2.55. The maximum Gasteiger partial charge on any atom is 0.322 e. The number of ether oxygens (including phenoxy) is 1. The van der Waals surface area contributed by atoms with Crippen molar-refractivity contribution in [2.24, 2.45) is 5.41 Å². The Morgan fingerprint density at radius 1 is 1.37 bits per heavy atom. The van der Waals surface area contributed by atoms with Crippen LogP contribution >= 0.6 is 0 Å². The first-order valence-corrected chi connectivity index (χ1v) is 6.83. The number of aliphatic carboxylic acids is 1. The fourth-order valence-electron chi connectivity index (χ4n) is 2.70. The summed E-state index contributed by atoms with van der Waals surface area (Å²) in [7, 11) is 0. The van der Waals surface area contributed by atoms with Gasteiger partial charge in [0.25, 0.3) is 0 Å². The van der Waals surface area contributed by atoms with Gasteiger partial charge in [-0.2, -0.15) is 0 Å². The lowest BCUT2D eigenvalue weighted by Crippen LogP contribution is -2.49. The molecule has 1 unspecified atom stereocenters. The van der Waals surface area contributed by atoms with Crippen LogP contribution in [0.1, 0.15) is 26.2 Å². The molecule has 2 rings (SSSR count). The van der Waals surface area contributed by atoms with Gasteiger partial charge in [0.05, 0.1) is 19.3 Å². The van der Waals surface area contributed by atoms with Crippen LogP contribution in [0.5, 0.6) is 0 Å². The molecule has 2 fully saturated rings. The van der Waals surface area contributed by atoms with E-state index in [0.717, 1.165) is 45.6 Å². The van der Waals surface area contributed by atoms with Gasteiger partial charge in [0.2, 0.25) is 5.91 Å². The summed E-state index contributed by atoms with van der Waals surface area (Å²) in [5.41, 5.74) is -0.450. The first-order chi connectivity index (χ1) is 9.01. The fourth-order valence-corrected chi connectivity index (χ4v) is 2.70. The van der Waals surface area contributed by atoms with Crippen molar-refractivity contribution >= 4 is 11.9 Å². The van der Waals surface area contributed by atoms with Crippen LogP contribution in [0.3, 0.4) is 0 Å². The van der Waals surface area contributed by atoms with Crippen molar-refractivity contribution in [3.05, 3.63) is 0 Å². The van der Waals surface area contributed by atoms with E-state index in [2.05, 4.69) is 10.2 Å². The van der Waals surface area contributed by atoms with Gasteiger partial charge >= 0.3 is 5.97 Å². The molecule has 108 valence electrons. The van der Waals surface area contributed by atoms with Gasteiger partial charge in [-0.25, -0.2) is 0 Å². The Kier molecular flexibility index (Phi) is 4.42. The van der Waals surface area contributed by atoms with Crippen molar-refractivity contribution in [2.45, 2.75) is 32.2 Å². The number of carboxylic acid groups (broad SMARTS) is 1. The van der Waals surface area contributed by atoms with Gasteiger partial charge in [-0.15, -0.1) is 0 Å². The largest absolute Gasteiger partial charge is 0.480 e. The van der Waals surface area contributed by atoms with Gasteiger partial charge in [-0.3, -0.25) is 14.5 Å². The molecule has 0 aromatic carbocycles. The standard InChI is InChI=1S/C13H22N2O4/c1-13(12(18)14-7-11(16)17)3-2-5-15(6-4-13)10-8-19-9-10/h10H,2-9H2,1H3,(H,14,18)(H,16,17). The number of carboxylic acids is 1. The first-order valence-electron chi connectivity index (χ1n) is 6.83. The third kappa shape index (κ3) is 3.45. The summed E-state index contributed by atoms with van der Waals surface area (Å²) >= 11 is 0. The zero-order valence-corrected chi connectivity index (χ0v) is 11.4. The number of nitrogens with one attached hydrogen (secondary N) is 1. The van der Waals surface area contributed by atoms with E-state index >= 15 is 0 Å². The van der Waals surface area contributed by atoms with E-state index < -0.39 is 11.4 Å². The molecule has 2 aliphatic rings. The fraction of sp³-hybridized carbons (Fsp3) is 0.846. The number of nitrogens with zero attached hydrogens (tertiary/aromatic N) is 1. The van der Waals surface area contributed by atoms with E-state index in [1.165, 1.54) is 0 Å². The molecular formula is C13H22N2O4. The third-order valence-electron chi connectivity index (χ3n) is 4.21. The number of hydrogen-bond donors (Lipinski definition) is 2. The summed E-state index contributed by atoms with van der Waals surface area (Å²) < 4.78 is 5.21. The van der Waals surface area contributed by atoms with Crippen LogP contribution in [0, 0.1) is 5.41 Å². The second kappa shape index (κ2) is 5.88. The smallest absolute Gasteiger partial charge is 0.322 e. The van der Waals surface area contributed by atoms with Gasteiger partial charge in [-0.05, 0) is 32.4 Å². The van der Waals surface area contributed by atoms with Crippen LogP contribution in [0.2, 0.25) is 0 Å². The van der Waals surface area contributed by atoms with Gasteiger partial charge in [0, 0.05) is 5.41 Å². The molecule has 0 bridgehead atoms. The number of rotatable bonds is 4. The predicted molar refractivity (Wildman–Crippen MR) is 68.8 cm³/mol. The maximum atomic E-state index is 12.1. The average Bonchev–Trinajstić information content (AvgIpc) is 2.48. The Morgan fingerprint density at radius 2 is 2.11 bits per heavy atom.